The average molecular weight is 413 g/mol. The summed E-state index contributed by atoms with van der Waals surface area (Å²) >= 11 is 18.4. The van der Waals surface area contributed by atoms with Crippen LogP contribution in [0, 0.1) is 0 Å². The molecule has 3 aromatic rings. The van der Waals surface area contributed by atoms with Crippen LogP contribution in [0.2, 0.25) is 15.1 Å². The van der Waals surface area contributed by atoms with Gasteiger partial charge in [0, 0.05) is 10.0 Å². The summed E-state index contributed by atoms with van der Waals surface area (Å²) in [6, 6.07) is 11.1. The molecule has 1 atom stereocenters. The van der Waals surface area contributed by atoms with Crippen LogP contribution < -0.4 is 9.57 Å². The topological polar surface area (TPSA) is 49.2 Å². The second-order valence-electron chi connectivity index (χ2n) is 5.73. The lowest BCUT2D eigenvalue weighted by Crippen LogP contribution is -2.27. The Bertz CT molecular complexity index is 852. The normalized spacial score (nSPS) is 12.0. The fourth-order valence-electron chi connectivity index (χ4n) is 2.39. The van der Waals surface area contributed by atoms with E-state index in [2.05, 4.69) is 10.2 Å². The first-order chi connectivity index (χ1) is 12.5. The molecule has 1 unspecified atom stereocenters. The molecule has 1 heterocycles. The Kier molecular flexibility index (Phi) is 6.25. The van der Waals surface area contributed by atoms with E-state index < -0.39 is 0 Å². The van der Waals surface area contributed by atoms with Crippen LogP contribution in [0.25, 0.3) is 0 Å². The quantitative estimate of drug-likeness (QED) is 0.563. The van der Waals surface area contributed by atoms with E-state index in [0.717, 1.165) is 16.1 Å². The zero-order valence-electron chi connectivity index (χ0n) is 13.9. The molecule has 136 valence electrons. The lowest BCUT2D eigenvalue weighted by molar-refractivity contribution is 0.00821. The van der Waals surface area contributed by atoms with Gasteiger partial charge in [0.2, 0.25) is 0 Å². The van der Waals surface area contributed by atoms with E-state index in [1.807, 2.05) is 37.3 Å². The van der Waals surface area contributed by atoms with Crippen LogP contribution in [-0.4, -0.2) is 27.9 Å². The molecule has 0 aliphatic carbocycles. The van der Waals surface area contributed by atoms with Crippen molar-refractivity contribution in [1.29, 1.82) is 0 Å². The van der Waals surface area contributed by atoms with Crippen molar-refractivity contribution >= 4 is 34.8 Å². The van der Waals surface area contributed by atoms with Gasteiger partial charge in [-0.25, -0.2) is 0 Å². The summed E-state index contributed by atoms with van der Waals surface area (Å²) in [6.07, 6.45) is 3.52. The molecule has 0 aliphatic heterocycles. The Balaban J connectivity index is 1.61. The molecule has 0 saturated carbocycles. The molecule has 0 fully saturated rings. The van der Waals surface area contributed by atoms with Crippen LogP contribution in [-0.2, 0) is 6.42 Å². The Morgan fingerprint density at radius 2 is 1.65 bits per heavy atom. The highest BCUT2D eigenvalue weighted by Gasteiger charge is 2.10. The molecule has 0 aliphatic rings. The van der Waals surface area contributed by atoms with Crippen molar-refractivity contribution < 1.29 is 9.57 Å². The maximum atomic E-state index is 6.35. The molecule has 0 bridgehead atoms. The number of halogens is 3. The summed E-state index contributed by atoms with van der Waals surface area (Å²) in [6.45, 7) is 2.16. The fraction of sp³-hybridized carbons (Fsp3) is 0.222. The Labute approximate surface area is 166 Å². The summed E-state index contributed by atoms with van der Waals surface area (Å²) in [5, 5.41) is 9.47. The number of hydrogen-bond donors (Lipinski definition) is 0. The van der Waals surface area contributed by atoms with Crippen molar-refractivity contribution in [3.05, 3.63) is 75.0 Å². The van der Waals surface area contributed by atoms with Gasteiger partial charge in [-0.15, -0.1) is 10.2 Å². The van der Waals surface area contributed by atoms with Gasteiger partial charge < -0.3 is 9.57 Å². The highest BCUT2D eigenvalue weighted by Crippen LogP contribution is 2.28. The van der Waals surface area contributed by atoms with Crippen molar-refractivity contribution in [1.82, 2.24) is 15.2 Å². The average Bonchev–Trinajstić information content (AvgIpc) is 3.08. The maximum absolute atomic E-state index is 6.35. The minimum atomic E-state index is -0.226. The molecule has 3 rings (SSSR count). The minimum Gasteiger partial charge on any atom is -0.485 e. The van der Waals surface area contributed by atoms with Gasteiger partial charge in [0.15, 0.2) is 6.61 Å². The van der Waals surface area contributed by atoms with E-state index in [-0.39, 0.29) is 12.7 Å². The molecule has 0 radical (unpaired) electrons. The fourth-order valence-corrected chi connectivity index (χ4v) is 3.21. The largest absolute Gasteiger partial charge is 0.485 e. The molecule has 0 spiro atoms. The Morgan fingerprint density at radius 1 is 0.962 bits per heavy atom. The lowest BCUT2D eigenvalue weighted by atomic mass is 10.0. The second-order valence-corrected chi connectivity index (χ2v) is 7.01. The van der Waals surface area contributed by atoms with E-state index in [4.69, 9.17) is 44.4 Å². The third-order valence-corrected chi connectivity index (χ3v) is 4.21. The van der Waals surface area contributed by atoms with Crippen LogP contribution in [0.3, 0.4) is 0 Å². The van der Waals surface area contributed by atoms with Crippen LogP contribution in [0.1, 0.15) is 18.1 Å². The van der Waals surface area contributed by atoms with E-state index in [0.29, 0.717) is 27.2 Å². The minimum absolute atomic E-state index is 0.226. The number of ether oxygens (including phenoxy) is 1. The predicted molar refractivity (Wildman–Crippen MR) is 102 cm³/mol. The molecule has 8 heteroatoms. The number of rotatable bonds is 7. The van der Waals surface area contributed by atoms with Gasteiger partial charge in [0.25, 0.3) is 0 Å². The first-order valence-corrected chi connectivity index (χ1v) is 9.02. The summed E-state index contributed by atoms with van der Waals surface area (Å²) < 4.78 is 5.82. The van der Waals surface area contributed by atoms with Gasteiger partial charge in [-0.1, -0.05) is 40.9 Å². The molecule has 26 heavy (non-hydrogen) atoms. The van der Waals surface area contributed by atoms with Crippen molar-refractivity contribution in [2.24, 2.45) is 0 Å². The smallest absolute Gasteiger partial charge is 0.155 e. The summed E-state index contributed by atoms with van der Waals surface area (Å²) in [7, 11) is 0. The van der Waals surface area contributed by atoms with Gasteiger partial charge in [0.1, 0.15) is 11.9 Å². The highest BCUT2D eigenvalue weighted by molar-refractivity contribution is 6.34. The van der Waals surface area contributed by atoms with E-state index in [9.17, 15) is 0 Å². The van der Waals surface area contributed by atoms with Gasteiger partial charge in [-0.3, -0.25) is 0 Å². The van der Waals surface area contributed by atoms with Crippen LogP contribution in [0.4, 0.5) is 0 Å². The first-order valence-electron chi connectivity index (χ1n) is 7.89. The number of nitrogens with zero attached hydrogens (tertiary/aromatic N) is 3. The van der Waals surface area contributed by atoms with Crippen molar-refractivity contribution in [2.45, 2.75) is 19.4 Å². The number of hydrogen-bond acceptors (Lipinski definition) is 4. The lowest BCUT2D eigenvalue weighted by Gasteiger charge is -2.16. The zero-order valence-corrected chi connectivity index (χ0v) is 16.2. The standard InChI is InChI=1S/C18H16Cl3N3O2/c1-12(11-25-24-22-4-5-23-24)26-18-3-2-13(9-17(18)21)6-14-7-15(19)10-16(20)8-14/h2-5,7-10,12H,6,11H2,1H3. The molecular weight excluding hydrogens is 397 g/mol. The summed E-state index contributed by atoms with van der Waals surface area (Å²) in [4.78, 5) is 6.49. The van der Waals surface area contributed by atoms with Crippen molar-refractivity contribution in [3.8, 4) is 5.75 Å². The van der Waals surface area contributed by atoms with Gasteiger partial charge in [-0.05, 0) is 59.8 Å². The van der Waals surface area contributed by atoms with E-state index in [1.165, 1.54) is 12.4 Å². The molecule has 0 saturated heterocycles. The van der Waals surface area contributed by atoms with Gasteiger partial charge in [-0.2, -0.15) is 0 Å². The Hall–Kier alpha value is -1.95. The summed E-state index contributed by atoms with van der Waals surface area (Å²) in [5.74, 6) is 0.587. The predicted octanol–water partition coefficient (Wildman–Crippen LogP) is 4.73. The van der Waals surface area contributed by atoms with Crippen LogP contribution in [0.5, 0.6) is 5.75 Å². The number of aromatic nitrogens is 3. The summed E-state index contributed by atoms with van der Waals surface area (Å²) in [5.41, 5.74) is 2.05. The van der Waals surface area contributed by atoms with Crippen molar-refractivity contribution in [3.63, 3.8) is 0 Å². The van der Waals surface area contributed by atoms with E-state index in [1.54, 1.807) is 6.07 Å². The maximum Gasteiger partial charge on any atom is 0.155 e. The second kappa shape index (κ2) is 8.62. The Morgan fingerprint density at radius 3 is 2.31 bits per heavy atom. The zero-order chi connectivity index (χ0) is 18.5. The molecule has 2 aromatic carbocycles. The number of benzene rings is 2. The van der Waals surface area contributed by atoms with Crippen molar-refractivity contribution in [2.75, 3.05) is 6.61 Å². The molecule has 5 nitrogen and oxygen atoms in total. The molecular formula is C18H16Cl3N3O2. The van der Waals surface area contributed by atoms with Crippen LogP contribution in [0.15, 0.2) is 48.8 Å². The third-order valence-electron chi connectivity index (χ3n) is 3.48. The van der Waals surface area contributed by atoms with Gasteiger partial charge in [0.05, 0.1) is 17.4 Å². The SMILES string of the molecule is CC(COn1nccn1)Oc1ccc(Cc2cc(Cl)cc(Cl)c2)cc1Cl. The van der Waals surface area contributed by atoms with E-state index >= 15 is 0 Å². The monoisotopic (exact) mass is 411 g/mol. The molecule has 0 N–H and O–H groups in total. The molecule has 1 aromatic heterocycles. The van der Waals surface area contributed by atoms with Gasteiger partial charge >= 0.3 is 0 Å². The highest BCUT2D eigenvalue weighted by atomic mass is 35.5. The first kappa shape index (κ1) is 18.8. The van der Waals surface area contributed by atoms with Crippen LogP contribution >= 0.6 is 34.8 Å². The molecule has 0 amide bonds. The third kappa shape index (κ3) is 5.27.